The van der Waals surface area contributed by atoms with Crippen molar-refractivity contribution in [3.8, 4) is 0 Å². The summed E-state index contributed by atoms with van der Waals surface area (Å²) >= 11 is 0. The molecule has 1 aliphatic rings. The van der Waals surface area contributed by atoms with Crippen LogP contribution in [0.5, 0.6) is 0 Å². The predicted molar refractivity (Wildman–Crippen MR) is 71.9 cm³/mol. The normalized spacial score (nSPS) is 24.8. The minimum Gasteiger partial charge on any atom is -0.316 e. The van der Waals surface area contributed by atoms with E-state index in [0.717, 1.165) is 24.8 Å². The molecule has 17 heavy (non-hydrogen) atoms. The standard InChI is InChI=1S/C15H24N2/c1-13-5-2-3-7-15(13)12-17-10-8-14-6-4-9-16-11-14/h4,6,9,11,13,15,17H,2-3,5,7-8,10,12H2,1H3. The molecule has 1 fully saturated rings. The van der Waals surface area contributed by atoms with Crippen LogP contribution >= 0.6 is 0 Å². The third kappa shape index (κ3) is 4.12. The molecule has 1 aromatic rings. The van der Waals surface area contributed by atoms with E-state index < -0.39 is 0 Å². The SMILES string of the molecule is CC1CCCCC1CNCCc1cccnc1. The fraction of sp³-hybridized carbons (Fsp3) is 0.667. The number of aromatic nitrogens is 1. The Hall–Kier alpha value is -0.890. The second-order valence-electron chi connectivity index (χ2n) is 5.34. The summed E-state index contributed by atoms with van der Waals surface area (Å²) in [4.78, 5) is 4.14. The van der Waals surface area contributed by atoms with Crippen LogP contribution in [0.3, 0.4) is 0 Å². The number of nitrogens with zero attached hydrogens (tertiary/aromatic N) is 1. The van der Waals surface area contributed by atoms with Crippen LogP contribution < -0.4 is 5.32 Å². The van der Waals surface area contributed by atoms with Gasteiger partial charge in [-0.15, -0.1) is 0 Å². The van der Waals surface area contributed by atoms with Gasteiger partial charge in [-0.05, 0) is 49.4 Å². The molecular formula is C15H24N2. The lowest BCUT2D eigenvalue weighted by atomic mass is 9.80. The molecule has 0 aliphatic heterocycles. The number of pyridine rings is 1. The number of nitrogens with one attached hydrogen (secondary N) is 1. The predicted octanol–water partition coefficient (Wildman–Crippen LogP) is 3.04. The zero-order chi connectivity index (χ0) is 11.9. The Balaban J connectivity index is 1.63. The zero-order valence-electron chi connectivity index (χ0n) is 10.9. The van der Waals surface area contributed by atoms with Crippen molar-refractivity contribution < 1.29 is 0 Å². The Labute approximate surface area is 105 Å². The van der Waals surface area contributed by atoms with E-state index in [9.17, 15) is 0 Å². The van der Waals surface area contributed by atoms with Crippen LogP contribution in [0, 0.1) is 11.8 Å². The van der Waals surface area contributed by atoms with E-state index >= 15 is 0 Å². The minimum atomic E-state index is 0.901. The summed E-state index contributed by atoms with van der Waals surface area (Å²) in [5, 5.41) is 3.61. The third-order valence-electron chi connectivity index (χ3n) is 4.01. The topological polar surface area (TPSA) is 24.9 Å². The molecule has 2 atom stereocenters. The monoisotopic (exact) mass is 232 g/mol. The lowest BCUT2D eigenvalue weighted by Crippen LogP contribution is -2.30. The summed E-state index contributed by atoms with van der Waals surface area (Å²) in [6, 6.07) is 4.16. The van der Waals surface area contributed by atoms with Crippen LogP contribution in [0.2, 0.25) is 0 Å². The molecule has 1 saturated carbocycles. The molecule has 2 heteroatoms. The minimum absolute atomic E-state index is 0.901. The van der Waals surface area contributed by atoms with Crippen molar-refractivity contribution in [1.29, 1.82) is 0 Å². The molecule has 0 bridgehead atoms. The maximum absolute atomic E-state index is 4.14. The first-order valence-electron chi connectivity index (χ1n) is 6.96. The molecule has 2 rings (SSSR count). The number of hydrogen-bond acceptors (Lipinski definition) is 2. The molecule has 0 saturated heterocycles. The van der Waals surface area contributed by atoms with Gasteiger partial charge in [0.25, 0.3) is 0 Å². The fourth-order valence-corrected chi connectivity index (χ4v) is 2.76. The van der Waals surface area contributed by atoms with Crippen molar-refractivity contribution in [2.24, 2.45) is 11.8 Å². The van der Waals surface area contributed by atoms with Crippen molar-refractivity contribution >= 4 is 0 Å². The van der Waals surface area contributed by atoms with Gasteiger partial charge in [-0.2, -0.15) is 0 Å². The number of rotatable bonds is 5. The molecule has 1 aromatic heterocycles. The van der Waals surface area contributed by atoms with Gasteiger partial charge < -0.3 is 5.32 Å². The van der Waals surface area contributed by atoms with Crippen molar-refractivity contribution in [3.05, 3.63) is 30.1 Å². The van der Waals surface area contributed by atoms with E-state index in [0.29, 0.717) is 0 Å². The zero-order valence-corrected chi connectivity index (χ0v) is 10.9. The van der Waals surface area contributed by atoms with E-state index in [2.05, 4.69) is 23.3 Å². The highest BCUT2D eigenvalue weighted by Crippen LogP contribution is 2.28. The largest absolute Gasteiger partial charge is 0.316 e. The van der Waals surface area contributed by atoms with Crippen LogP contribution in [0.15, 0.2) is 24.5 Å². The van der Waals surface area contributed by atoms with Crippen molar-refractivity contribution in [2.75, 3.05) is 13.1 Å². The highest BCUT2D eigenvalue weighted by atomic mass is 14.9. The summed E-state index contributed by atoms with van der Waals surface area (Å²) in [7, 11) is 0. The van der Waals surface area contributed by atoms with E-state index in [1.807, 2.05) is 18.5 Å². The fourth-order valence-electron chi connectivity index (χ4n) is 2.76. The summed E-state index contributed by atoms with van der Waals surface area (Å²) in [5.41, 5.74) is 1.33. The van der Waals surface area contributed by atoms with Crippen LogP contribution in [0.4, 0.5) is 0 Å². The first-order valence-corrected chi connectivity index (χ1v) is 6.96. The Kier molecular flexibility index (Phi) is 4.99. The summed E-state index contributed by atoms with van der Waals surface area (Å²) in [5.74, 6) is 1.81. The van der Waals surface area contributed by atoms with E-state index in [-0.39, 0.29) is 0 Å². The van der Waals surface area contributed by atoms with Crippen LogP contribution in [-0.2, 0) is 6.42 Å². The first-order chi connectivity index (χ1) is 8.36. The van der Waals surface area contributed by atoms with E-state index in [4.69, 9.17) is 0 Å². The molecule has 2 nitrogen and oxygen atoms in total. The summed E-state index contributed by atoms with van der Waals surface area (Å²) < 4.78 is 0. The summed E-state index contributed by atoms with van der Waals surface area (Å²) in [6.45, 7) is 4.68. The highest BCUT2D eigenvalue weighted by molar-refractivity contribution is 5.08. The van der Waals surface area contributed by atoms with Gasteiger partial charge in [0.05, 0.1) is 0 Å². The maximum Gasteiger partial charge on any atom is 0.0300 e. The molecule has 0 amide bonds. The third-order valence-corrected chi connectivity index (χ3v) is 4.01. The second kappa shape index (κ2) is 6.75. The van der Waals surface area contributed by atoms with Gasteiger partial charge in [-0.25, -0.2) is 0 Å². The van der Waals surface area contributed by atoms with Gasteiger partial charge in [0.2, 0.25) is 0 Å². The van der Waals surface area contributed by atoms with Crippen molar-refractivity contribution in [1.82, 2.24) is 10.3 Å². The van der Waals surface area contributed by atoms with Gasteiger partial charge in [-0.1, -0.05) is 32.3 Å². The van der Waals surface area contributed by atoms with Crippen molar-refractivity contribution in [2.45, 2.75) is 39.0 Å². The molecule has 0 spiro atoms. The molecule has 1 N–H and O–H groups in total. The Morgan fingerprint density at radius 2 is 2.24 bits per heavy atom. The van der Waals surface area contributed by atoms with Gasteiger partial charge in [0.1, 0.15) is 0 Å². The molecular weight excluding hydrogens is 208 g/mol. The Morgan fingerprint density at radius 1 is 1.35 bits per heavy atom. The molecule has 2 unspecified atom stereocenters. The smallest absolute Gasteiger partial charge is 0.0300 e. The summed E-state index contributed by atoms with van der Waals surface area (Å²) in [6.07, 6.45) is 10.6. The Morgan fingerprint density at radius 3 is 3.00 bits per heavy atom. The van der Waals surface area contributed by atoms with E-state index in [1.165, 1.54) is 37.8 Å². The first kappa shape index (κ1) is 12.6. The average Bonchev–Trinajstić information content (AvgIpc) is 2.38. The van der Waals surface area contributed by atoms with Crippen LogP contribution in [-0.4, -0.2) is 18.1 Å². The van der Waals surface area contributed by atoms with Crippen LogP contribution in [0.25, 0.3) is 0 Å². The molecule has 94 valence electrons. The molecule has 1 aliphatic carbocycles. The molecule has 0 radical (unpaired) electrons. The molecule has 0 aromatic carbocycles. The average molecular weight is 232 g/mol. The van der Waals surface area contributed by atoms with Crippen molar-refractivity contribution in [3.63, 3.8) is 0 Å². The lowest BCUT2D eigenvalue weighted by Gasteiger charge is -2.28. The quantitative estimate of drug-likeness (QED) is 0.789. The van der Waals surface area contributed by atoms with Crippen LogP contribution in [0.1, 0.15) is 38.2 Å². The lowest BCUT2D eigenvalue weighted by molar-refractivity contribution is 0.248. The molecule has 1 heterocycles. The Bertz CT molecular complexity index is 310. The maximum atomic E-state index is 4.14. The van der Waals surface area contributed by atoms with Gasteiger partial charge >= 0.3 is 0 Å². The van der Waals surface area contributed by atoms with Gasteiger partial charge in [0, 0.05) is 12.4 Å². The highest BCUT2D eigenvalue weighted by Gasteiger charge is 2.20. The van der Waals surface area contributed by atoms with Gasteiger partial charge in [-0.3, -0.25) is 4.98 Å². The number of hydrogen-bond donors (Lipinski definition) is 1. The van der Waals surface area contributed by atoms with Gasteiger partial charge in [0.15, 0.2) is 0 Å². The van der Waals surface area contributed by atoms with E-state index in [1.54, 1.807) is 0 Å². The second-order valence-corrected chi connectivity index (χ2v) is 5.34.